The number of fused-ring (bicyclic) bond motifs is 1. The molecule has 1 N–H and O–H groups in total. The topological polar surface area (TPSA) is 51.2 Å². The summed E-state index contributed by atoms with van der Waals surface area (Å²) in [5.41, 5.74) is 7.85. The minimum Gasteiger partial charge on any atom is -0.277 e. The van der Waals surface area contributed by atoms with Crippen LogP contribution in [0.4, 0.5) is 0 Å². The van der Waals surface area contributed by atoms with E-state index in [1.54, 1.807) is 0 Å². The molecule has 0 unspecified atom stereocenters. The lowest BCUT2D eigenvalue weighted by molar-refractivity contribution is 0.0539. The predicted molar refractivity (Wildman–Crippen MR) is 91.1 cm³/mol. The van der Waals surface area contributed by atoms with Crippen molar-refractivity contribution >= 4 is 16.8 Å². The van der Waals surface area contributed by atoms with Crippen LogP contribution in [0.2, 0.25) is 0 Å². The van der Waals surface area contributed by atoms with E-state index in [9.17, 15) is 4.79 Å². The number of hydrogen-bond acceptors (Lipinski definition) is 3. The molecule has 0 aliphatic rings. The maximum atomic E-state index is 12.3. The molecule has 0 radical (unpaired) electrons. The number of para-hydroxylation sites is 1. The second-order valence-electron chi connectivity index (χ2n) is 5.53. The fourth-order valence-electron chi connectivity index (χ4n) is 2.75. The van der Waals surface area contributed by atoms with E-state index >= 15 is 0 Å². The van der Waals surface area contributed by atoms with E-state index in [0.717, 1.165) is 27.7 Å². The molecule has 3 rings (SSSR count). The van der Waals surface area contributed by atoms with Crippen molar-refractivity contribution in [2.75, 3.05) is 7.11 Å². The number of carbonyl (C=O) groups is 1. The maximum absolute atomic E-state index is 12.3. The van der Waals surface area contributed by atoms with Gasteiger partial charge in [-0.15, -0.1) is 0 Å². The first-order valence-corrected chi connectivity index (χ1v) is 7.41. The number of amides is 1. The van der Waals surface area contributed by atoms with Crippen LogP contribution in [-0.4, -0.2) is 18.0 Å². The molecular weight excluding hydrogens is 288 g/mol. The number of nitrogens with one attached hydrogen (secondary N) is 1. The standard InChI is InChI=1S/C19H18N2O2/c1-12-8-9-14(13(2)10-12)18-11-16(19(22)21-23-3)15-6-4-5-7-17(15)20-18/h4-11H,1-3H3,(H,21,22). The molecule has 0 spiro atoms. The summed E-state index contributed by atoms with van der Waals surface area (Å²) in [6.07, 6.45) is 0. The first kappa shape index (κ1) is 15.2. The van der Waals surface area contributed by atoms with Gasteiger partial charge in [0.05, 0.1) is 23.9 Å². The van der Waals surface area contributed by atoms with E-state index in [2.05, 4.69) is 18.5 Å². The lowest BCUT2D eigenvalue weighted by Crippen LogP contribution is -2.22. The zero-order valence-electron chi connectivity index (χ0n) is 13.4. The molecule has 0 saturated heterocycles. The van der Waals surface area contributed by atoms with Gasteiger partial charge < -0.3 is 0 Å². The van der Waals surface area contributed by atoms with Gasteiger partial charge >= 0.3 is 0 Å². The number of hydrogen-bond donors (Lipinski definition) is 1. The number of hydroxylamine groups is 1. The van der Waals surface area contributed by atoms with E-state index in [1.165, 1.54) is 12.7 Å². The normalized spacial score (nSPS) is 10.7. The first-order valence-electron chi connectivity index (χ1n) is 7.41. The van der Waals surface area contributed by atoms with Crippen molar-refractivity contribution in [1.29, 1.82) is 0 Å². The van der Waals surface area contributed by atoms with Gasteiger partial charge in [-0.3, -0.25) is 9.63 Å². The van der Waals surface area contributed by atoms with Crippen molar-refractivity contribution in [3.05, 3.63) is 65.2 Å². The average Bonchev–Trinajstić information content (AvgIpc) is 2.54. The molecule has 0 aliphatic carbocycles. The molecular formula is C19H18N2O2. The van der Waals surface area contributed by atoms with Crippen molar-refractivity contribution in [3.8, 4) is 11.3 Å². The first-order chi connectivity index (χ1) is 11.1. The summed E-state index contributed by atoms with van der Waals surface area (Å²) < 4.78 is 0. The van der Waals surface area contributed by atoms with E-state index in [-0.39, 0.29) is 5.91 Å². The van der Waals surface area contributed by atoms with Crippen LogP contribution in [0.3, 0.4) is 0 Å². The van der Waals surface area contributed by atoms with Crippen LogP contribution in [-0.2, 0) is 4.84 Å². The van der Waals surface area contributed by atoms with Gasteiger partial charge in [0, 0.05) is 10.9 Å². The third-order valence-corrected chi connectivity index (χ3v) is 3.81. The van der Waals surface area contributed by atoms with Crippen LogP contribution in [0.25, 0.3) is 22.2 Å². The Labute approximate surface area is 135 Å². The summed E-state index contributed by atoms with van der Waals surface area (Å²) in [6, 6.07) is 15.6. The SMILES string of the molecule is CONC(=O)c1cc(-c2ccc(C)cc2C)nc2ccccc12. The van der Waals surface area contributed by atoms with Crippen molar-refractivity contribution < 1.29 is 9.63 Å². The number of aryl methyl sites for hydroxylation is 2. The van der Waals surface area contributed by atoms with Crippen LogP contribution in [0.1, 0.15) is 21.5 Å². The Bertz CT molecular complexity index is 888. The zero-order valence-corrected chi connectivity index (χ0v) is 13.4. The van der Waals surface area contributed by atoms with Crippen LogP contribution < -0.4 is 5.48 Å². The Balaban J connectivity index is 2.24. The number of benzene rings is 2. The number of carbonyl (C=O) groups excluding carboxylic acids is 1. The van der Waals surface area contributed by atoms with Gasteiger partial charge in [-0.1, -0.05) is 42.0 Å². The quantitative estimate of drug-likeness (QED) is 0.749. The van der Waals surface area contributed by atoms with Gasteiger partial charge in [-0.2, -0.15) is 0 Å². The van der Waals surface area contributed by atoms with Gasteiger partial charge in [0.25, 0.3) is 5.91 Å². The highest BCUT2D eigenvalue weighted by Gasteiger charge is 2.14. The third kappa shape index (κ3) is 2.94. The predicted octanol–water partition coefficient (Wildman–Crippen LogP) is 3.81. The molecule has 0 atom stereocenters. The zero-order chi connectivity index (χ0) is 16.4. The Morgan fingerprint density at radius 2 is 1.87 bits per heavy atom. The van der Waals surface area contributed by atoms with Gasteiger partial charge in [0.2, 0.25) is 0 Å². The van der Waals surface area contributed by atoms with Gasteiger partial charge in [-0.05, 0) is 31.5 Å². The van der Waals surface area contributed by atoms with Crippen LogP contribution in [0.15, 0.2) is 48.5 Å². The fourth-order valence-corrected chi connectivity index (χ4v) is 2.75. The summed E-state index contributed by atoms with van der Waals surface area (Å²) >= 11 is 0. The second kappa shape index (κ2) is 6.18. The molecule has 0 aliphatic heterocycles. The lowest BCUT2D eigenvalue weighted by Gasteiger charge is -2.11. The molecule has 4 heteroatoms. The molecule has 1 amide bonds. The lowest BCUT2D eigenvalue weighted by atomic mass is 9.99. The van der Waals surface area contributed by atoms with Crippen molar-refractivity contribution in [3.63, 3.8) is 0 Å². The smallest absolute Gasteiger partial charge is 0.275 e. The largest absolute Gasteiger partial charge is 0.277 e. The molecule has 4 nitrogen and oxygen atoms in total. The molecule has 23 heavy (non-hydrogen) atoms. The Morgan fingerprint density at radius 3 is 2.61 bits per heavy atom. The number of pyridine rings is 1. The van der Waals surface area contributed by atoms with E-state index in [4.69, 9.17) is 9.82 Å². The highest BCUT2D eigenvalue weighted by atomic mass is 16.6. The molecule has 3 aromatic rings. The summed E-state index contributed by atoms with van der Waals surface area (Å²) in [6.45, 7) is 4.11. The second-order valence-corrected chi connectivity index (χ2v) is 5.53. The summed E-state index contributed by atoms with van der Waals surface area (Å²) in [5.74, 6) is -0.280. The van der Waals surface area contributed by atoms with Gasteiger partial charge in [0.15, 0.2) is 0 Å². The van der Waals surface area contributed by atoms with Crippen LogP contribution in [0, 0.1) is 13.8 Å². The fraction of sp³-hybridized carbons (Fsp3) is 0.158. The van der Waals surface area contributed by atoms with Crippen molar-refractivity contribution in [2.45, 2.75) is 13.8 Å². The Hall–Kier alpha value is -2.72. The average molecular weight is 306 g/mol. The van der Waals surface area contributed by atoms with Crippen molar-refractivity contribution in [1.82, 2.24) is 10.5 Å². The number of aromatic nitrogens is 1. The molecule has 0 saturated carbocycles. The van der Waals surface area contributed by atoms with Crippen LogP contribution in [0.5, 0.6) is 0 Å². The number of nitrogens with zero attached hydrogens (tertiary/aromatic N) is 1. The summed E-state index contributed by atoms with van der Waals surface area (Å²) in [4.78, 5) is 21.8. The Morgan fingerprint density at radius 1 is 1.09 bits per heavy atom. The molecule has 0 bridgehead atoms. The highest BCUT2D eigenvalue weighted by molar-refractivity contribution is 6.06. The highest BCUT2D eigenvalue weighted by Crippen LogP contribution is 2.27. The molecule has 0 fully saturated rings. The third-order valence-electron chi connectivity index (χ3n) is 3.81. The molecule has 1 aromatic heterocycles. The summed E-state index contributed by atoms with van der Waals surface area (Å²) in [7, 11) is 1.42. The molecule has 2 aromatic carbocycles. The van der Waals surface area contributed by atoms with Gasteiger partial charge in [-0.25, -0.2) is 10.5 Å². The van der Waals surface area contributed by atoms with E-state index in [0.29, 0.717) is 5.56 Å². The minimum atomic E-state index is -0.280. The monoisotopic (exact) mass is 306 g/mol. The number of rotatable bonds is 3. The minimum absolute atomic E-state index is 0.280. The summed E-state index contributed by atoms with van der Waals surface area (Å²) in [5, 5.41) is 0.801. The van der Waals surface area contributed by atoms with E-state index < -0.39 is 0 Å². The van der Waals surface area contributed by atoms with E-state index in [1.807, 2.05) is 49.4 Å². The maximum Gasteiger partial charge on any atom is 0.275 e. The van der Waals surface area contributed by atoms with Crippen LogP contribution >= 0.6 is 0 Å². The molecule has 1 heterocycles. The van der Waals surface area contributed by atoms with Gasteiger partial charge in [0.1, 0.15) is 0 Å². The molecule has 116 valence electrons. The van der Waals surface area contributed by atoms with Crippen molar-refractivity contribution in [2.24, 2.45) is 0 Å². The Kier molecular flexibility index (Phi) is 4.08.